The highest BCUT2D eigenvalue weighted by molar-refractivity contribution is 5.90. The summed E-state index contributed by atoms with van der Waals surface area (Å²) in [5.74, 6) is -1.61. The minimum absolute atomic E-state index is 0.0493. The lowest BCUT2D eigenvalue weighted by Crippen LogP contribution is -2.50. The number of rotatable bonds is 14. The minimum atomic E-state index is -0.778. The molecule has 44 heavy (non-hydrogen) atoms. The van der Waals surface area contributed by atoms with E-state index in [-0.39, 0.29) is 18.2 Å². The predicted molar refractivity (Wildman–Crippen MR) is 176 cm³/mol. The van der Waals surface area contributed by atoms with E-state index in [2.05, 4.69) is 34.9 Å². The normalized spacial score (nSPS) is 12.7. The van der Waals surface area contributed by atoms with E-state index in [4.69, 9.17) is 4.74 Å². The number of hydrogen-bond donors (Lipinski definition) is 2. The fraction of sp³-hybridized carbons (Fsp3) is 0.342. The van der Waals surface area contributed by atoms with Crippen molar-refractivity contribution in [2.75, 3.05) is 6.54 Å². The van der Waals surface area contributed by atoms with Crippen molar-refractivity contribution >= 4 is 28.6 Å². The Morgan fingerprint density at radius 3 is 2.07 bits per heavy atom. The lowest BCUT2D eigenvalue weighted by atomic mass is 9.93. The Hall–Kier alpha value is -4.45. The molecule has 0 bridgehead atoms. The van der Waals surface area contributed by atoms with Crippen LogP contribution in [-0.2, 0) is 38.4 Å². The molecule has 2 N–H and O–H groups in total. The van der Waals surface area contributed by atoms with Crippen LogP contribution in [0, 0.1) is 5.92 Å². The summed E-state index contributed by atoms with van der Waals surface area (Å²) in [6, 6.07) is 33.3. The second kappa shape index (κ2) is 15.9. The van der Waals surface area contributed by atoms with Gasteiger partial charge in [0.05, 0.1) is 6.42 Å². The zero-order valence-corrected chi connectivity index (χ0v) is 26.1. The summed E-state index contributed by atoms with van der Waals surface area (Å²) in [4.78, 5) is 40.1. The van der Waals surface area contributed by atoms with Crippen molar-refractivity contribution in [3.8, 4) is 0 Å². The van der Waals surface area contributed by atoms with Crippen LogP contribution in [0.1, 0.15) is 56.7 Å². The van der Waals surface area contributed by atoms with Gasteiger partial charge in [-0.15, -0.1) is 0 Å². The summed E-state index contributed by atoms with van der Waals surface area (Å²) in [7, 11) is 0. The molecule has 0 aliphatic rings. The fourth-order valence-corrected chi connectivity index (χ4v) is 5.41. The first kappa shape index (κ1) is 32.5. The standard InChI is InChI=1S/C38H44N2O4/c1-38(2,3)44-35(41)27-32(22-13-21-31-20-12-19-30-18-10-11-23-33(30)31)36(42)40-34(26-29-16-8-5-9-17-29)37(43)39-25-24-28-14-6-4-7-15-28/h4-12,14-20,23,32,34H,13,21-22,24-27H2,1-3H3,(H,39,43)(H,40,42). The number of esters is 1. The zero-order valence-electron chi connectivity index (χ0n) is 26.1. The van der Waals surface area contributed by atoms with Crippen molar-refractivity contribution in [1.82, 2.24) is 10.6 Å². The van der Waals surface area contributed by atoms with E-state index in [1.54, 1.807) is 0 Å². The van der Waals surface area contributed by atoms with Gasteiger partial charge in [-0.2, -0.15) is 0 Å². The molecule has 4 rings (SSSR count). The number of fused-ring (bicyclic) bond motifs is 1. The molecule has 0 heterocycles. The quantitative estimate of drug-likeness (QED) is 0.162. The van der Waals surface area contributed by atoms with Crippen LogP contribution in [0.25, 0.3) is 10.8 Å². The molecule has 0 saturated heterocycles. The molecule has 0 aliphatic heterocycles. The number of benzene rings is 4. The molecule has 0 saturated carbocycles. The van der Waals surface area contributed by atoms with E-state index in [1.165, 1.54) is 16.3 Å². The van der Waals surface area contributed by atoms with E-state index >= 15 is 0 Å². The summed E-state index contributed by atoms with van der Waals surface area (Å²) in [5.41, 5.74) is 2.62. The second-order valence-corrected chi connectivity index (χ2v) is 12.3. The summed E-state index contributed by atoms with van der Waals surface area (Å²) in [6.07, 6.45) is 2.95. The van der Waals surface area contributed by atoms with Crippen molar-refractivity contribution in [3.63, 3.8) is 0 Å². The van der Waals surface area contributed by atoms with Gasteiger partial charge < -0.3 is 15.4 Å². The number of ether oxygens (including phenoxy) is 1. The van der Waals surface area contributed by atoms with Crippen LogP contribution in [0.2, 0.25) is 0 Å². The molecule has 0 radical (unpaired) electrons. The first-order valence-electron chi connectivity index (χ1n) is 15.5. The molecule has 2 atom stereocenters. The molecular weight excluding hydrogens is 548 g/mol. The number of amides is 2. The largest absolute Gasteiger partial charge is 0.460 e. The fourth-order valence-electron chi connectivity index (χ4n) is 5.41. The molecule has 6 nitrogen and oxygen atoms in total. The average Bonchev–Trinajstić information content (AvgIpc) is 3.00. The van der Waals surface area contributed by atoms with E-state index < -0.39 is 23.5 Å². The Morgan fingerprint density at radius 1 is 0.727 bits per heavy atom. The van der Waals surface area contributed by atoms with E-state index in [0.29, 0.717) is 32.2 Å². The first-order valence-corrected chi connectivity index (χ1v) is 15.5. The molecule has 0 spiro atoms. The lowest BCUT2D eigenvalue weighted by molar-refractivity contribution is -0.157. The van der Waals surface area contributed by atoms with Crippen molar-refractivity contribution in [3.05, 3.63) is 120 Å². The van der Waals surface area contributed by atoms with Crippen LogP contribution in [-0.4, -0.2) is 36.0 Å². The third-order valence-corrected chi connectivity index (χ3v) is 7.55. The third kappa shape index (κ3) is 10.4. The summed E-state index contributed by atoms with van der Waals surface area (Å²) in [6.45, 7) is 5.90. The van der Waals surface area contributed by atoms with Crippen LogP contribution in [0.4, 0.5) is 0 Å². The van der Waals surface area contributed by atoms with Crippen molar-refractivity contribution in [2.24, 2.45) is 5.92 Å². The molecule has 0 fully saturated rings. The van der Waals surface area contributed by atoms with Gasteiger partial charge in [0.2, 0.25) is 11.8 Å². The molecule has 4 aromatic carbocycles. The van der Waals surface area contributed by atoms with Gasteiger partial charge in [0.15, 0.2) is 0 Å². The lowest BCUT2D eigenvalue weighted by Gasteiger charge is -2.24. The van der Waals surface area contributed by atoms with Crippen LogP contribution < -0.4 is 10.6 Å². The Morgan fingerprint density at radius 2 is 1.36 bits per heavy atom. The highest BCUT2D eigenvalue weighted by Crippen LogP contribution is 2.23. The maximum absolute atomic E-state index is 13.8. The minimum Gasteiger partial charge on any atom is -0.460 e. The topological polar surface area (TPSA) is 84.5 Å². The zero-order chi connectivity index (χ0) is 31.4. The maximum Gasteiger partial charge on any atom is 0.307 e. The van der Waals surface area contributed by atoms with E-state index in [1.807, 2.05) is 99.6 Å². The Labute approximate surface area is 261 Å². The SMILES string of the molecule is CC(C)(C)OC(=O)CC(CCCc1cccc2ccccc12)C(=O)NC(Cc1ccccc1)C(=O)NCCc1ccccc1. The number of aryl methyl sites for hydroxylation is 1. The predicted octanol–water partition coefficient (Wildman–Crippen LogP) is 6.60. The first-order chi connectivity index (χ1) is 21.2. The average molecular weight is 593 g/mol. The van der Waals surface area contributed by atoms with E-state index in [9.17, 15) is 14.4 Å². The van der Waals surface area contributed by atoms with Crippen LogP contribution >= 0.6 is 0 Å². The van der Waals surface area contributed by atoms with Gasteiger partial charge >= 0.3 is 5.97 Å². The van der Waals surface area contributed by atoms with Crippen LogP contribution in [0.5, 0.6) is 0 Å². The molecule has 0 aliphatic carbocycles. The van der Waals surface area contributed by atoms with Gasteiger partial charge in [0, 0.05) is 18.9 Å². The molecule has 6 heteroatoms. The summed E-state index contributed by atoms with van der Waals surface area (Å²) in [5, 5.41) is 8.37. The number of nitrogens with one attached hydrogen (secondary N) is 2. The number of carbonyl (C=O) groups is 3. The Balaban J connectivity index is 1.46. The molecule has 2 unspecified atom stereocenters. The highest BCUT2D eigenvalue weighted by Gasteiger charge is 2.29. The highest BCUT2D eigenvalue weighted by atomic mass is 16.6. The van der Waals surface area contributed by atoms with Crippen LogP contribution in [0.15, 0.2) is 103 Å². The van der Waals surface area contributed by atoms with Crippen LogP contribution in [0.3, 0.4) is 0 Å². The summed E-state index contributed by atoms with van der Waals surface area (Å²) >= 11 is 0. The Kier molecular flexibility index (Phi) is 11.7. The van der Waals surface area contributed by atoms with Crippen molar-refractivity contribution < 1.29 is 19.1 Å². The monoisotopic (exact) mass is 592 g/mol. The molecule has 2 amide bonds. The molecular formula is C38H44N2O4. The Bertz CT molecular complexity index is 1510. The van der Waals surface area contributed by atoms with Gasteiger partial charge in [-0.1, -0.05) is 103 Å². The number of carbonyl (C=O) groups excluding carboxylic acids is 3. The van der Waals surface area contributed by atoms with Gasteiger partial charge in [-0.25, -0.2) is 0 Å². The number of hydrogen-bond acceptors (Lipinski definition) is 4. The molecule has 0 aromatic heterocycles. The second-order valence-electron chi connectivity index (χ2n) is 12.3. The molecule has 230 valence electrons. The summed E-state index contributed by atoms with van der Waals surface area (Å²) < 4.78 is 5.59. The van der Waals surface area contributed by atoms with Crippen molar-refractivity contribution in [1.29, 1.82) is 0 Å². The van der Waals surface area contributed by atoms with E-state index in [0.717, 1.165) is 17.5 Å². The smallest absolute Gasteiger partial charge is 0.307 e. The van der Waals surface area contributed by atoms with Gasteiger partial charge in [-0.05, 0) is 73.9 Å². The van der Waals surface area contributed by atoms with Crippen molar-refractivity contribution in [2.45, 2.75) is 70.9 Å². The van der Waals surface area contributed by atoms with Gasteiger partial charge in [0.1, 0.15) is 11.6 Å². The molecule has 4 aromatic rings. The third-order valence-electron chi connectivity index (χ3n) is 7.55. The van der Waals surface area contributed by atoms with Gasteiger partial charge in [0.25, 0.3) is 0 Å². The maximum atomic E-state index is 13.8. The van der Waals surface area contributed by atoms with Gasteiger partial charge in [-0.3, -0.25) is 14.4 Å².